The van der Waals surface area contributed by atoms with Crippen LogP contribution in [0, 0.1) is 0 Å². The van der Waals surface area contributed by atoms with Crippen molar-refractivity contribution in [3.8, 4) is 5.75 Å². The number of thioether (sulfide) groups is 1. The molecule has 2 rings (SSSR count). The van der Waals surface area contributed by atoms with Crippen molar-refractivity contribution in [1.82, 2.24) is 0 Å². The molecule has 1 aromatic carbocycles. The summed E-state index contributed by atoms with van der Waals surface area (Å²) >= 11 is 1.60. The van der Waals surface area contributed by atoms with E-state index in [-0.39, 0.29) is 10.5 Å². The van der Waals surface area contributed by atoms with Crippen LogP contribution in [0.5, 0.6) is 5.75 Å². The van der Waals surface area contributed by atoms with E-state index in [1.165, 1.54) is 24.3 Å². The highest BCUT2D eigenvalue weighted by atomic mass is 32.2. The molecule has 0 spiro atoms. The fraction of sp³-hybridized carbons (Fsp3) is 0.417. The van der Waals surface area contributed by atoms with Crippen LogP contribution in [-0.4, -0.2) is 22.8 Å². The number of nitrogens with one attached hydrogen (secondary N) is 1. The van der Waals surface area contributed by atoms with Crippen molar-refractivity contribution in [3.05, 3.63) is 24.3 Å². The highest BCUT2D eigenvalue weighted by Gasteiger charge is 2.31. The van der Waals surface area contributed by atoms with Gasteiger partial charge >= 0.3 is 6.36 Å². The van der Waals surface area contributed by atoms with E-state index < -0.39 is 6.36 Å². The molecular weight excluding hydrogens is 277 g/mol. The third-order valence-electron chi connectivity index (χ3n) is 2.32. The van der Waals surface area contributed by atoms with Crippen LogP contribution in [0.4, 0.5) is 18.9 Å². The zero-order valence-electron chi connectivity index (χ0n) is 10.4. The van der Waals surface area contributed by atoms with E-state index in [1.54, 1.807) is 11.8 Å². The van der Waals surface area contributed by atoms with Gasteiger partial charge in [-0.3, -0.25) is 4.99 Å². The van der Waals surface area contributed by atoms with E-state index in [0.29, 0.717) is 5.69 Å². The number of ether oxygens (including phenoxy) is 1. The minimum Gasteiger partial charge on any atom is -0.406 e. The quantitative estimate of drug-likeness (QED) is 0.897. The smallest absolute Gasteiger partial charge is 0.406 e. The van der Waals surface area contributed by atoms with E-state index in [4.69, 9.17) is 0 Å². The van der Waals surface area contributed by atoms with Crippen LogP contribution in [0.2, 0.25) is 0 Å². The molecule has 0 fully saturated rings. The number of aliphatic imine (C=N–C) groups is 1. The maximum atomic E-state index is 12.0. The largest absolute Gasteiger partial charge is 0.573 e. The van der Waals surface area contributed by atoms with Crippen molar-refractivity contribution >= 4 is 22.6 Å². The number of amidine groups is 1. The molecule has 0 aliphatic carbocycles. The third kappa shape index (κ3) is 4.34. The van der Waals surface area contributed by atoms with Gasteiger partial charge in [0, 0.05) is 10.4 Å². The Labute approximate surface area is 113 Å². The Morgan fingerprint density at radius 2 is 1.89 bits per heavy atom. The minimum atomic E-state index is -4.66. The Balaban J connectivity index is 1.96. The fourth-order valence-electron chi connectivity index (χ4n) is 1.52. The topological polar surface area (TPSA) is 33.6 Å². The van der Waals surface area contributed by atoms with Gasteiger partial charge in [0.2, 0.25) is 0 Å². The first kappa shape index (κ1) is 14.0. The van der Waals surface area contributed by atoms with Crippen molar-refractivity contribution in [2.24, 2.45) is 4.99 Å². The molecule has 1 heterocycles. The summed E-state index contributed by atoms with van der Waals surface area (Å²) in [5.41, 5.74) is 0.679. The first-order valence-corrected chi connectivity index (χ1v) is 6.41. The molecule has 3 nitrogen and oxygen atoms in total. The summed E-state index contributed by atoms with van der Waals surface area (Å²) in [7, 11) is 0. The molecule has 0 unspecified atom stereocenters. The zero-order valence-corrected chi connectivity index (χ0v) is 11.2. The molecular formula is C12H13F3N2OS. The number of alkyl halides is 3. The standard InChI is InChI=1S/C12H13F3N2OS/c1-11(2)7-16-10(19-11)17-8-3-5-9(6-4-8)18-12(13,14)15/h3-6H,7H2,1-2H3,(H,16,17). The minimum absolute atomic E-state index is 0.0572. The van der Waals surface area contributed by atoms with Gasteiger partial charge in [-0.2, -0.15) is 0 Å². The summed E-state index contributed by atoms with van der Waals surface area (Å²) < 4.78 is 39.8. The second-order valence-electron chi connectivity index (χ2n) is 4.68. The van der Waals surface area contributed by atoms with Crippen molar-refractivity contribution in [3.63, 3.8) is 0 Å². The maximum absolute atomic E-state index is 12.0. The van der Waals surface area contributed by atoms with Gasteiger partial charge < -0.3 is 10.1 Å². The van der Waals surface area contributed by atoms with E-state index in [9.17, 15) is 13.2 Å². The first-order valence-electron chi connectivity index (χ1n) is 5.60. The molecule has 0 aromatic heterocycles. The lowest BCUT2D eigenvalue weighted by Gasteiger charge is -2.14. The van der Waals surface area contributed by atoms with Crippen LogP contribution in [0.25, 0.3) is 0 Å². The number of anilines is 1. The van der Waals surface area contributed by atoms with Gasteiger partial charge in [0.25, 0.3) is 0 Å². The molecule has 1 aromatic rings. The van der Waals surface area contributed by atoms with Crippen LogP contribution in [0.15, 0.2) is 29.3 Å². The van der Waals surface area contributed by atoms with Crippen LogP contribution < -0.4 is 10.1 Å². The molecule has 0 atom stereocenters. The van der Waals surface area contributed by atoms with Gasteiger partial charge in [-0.15, -0.1) is 13.2 Å². The van der Waals surface area contributed by atoms with Gasteiger partial charge in [0.1, 0.15) is 5.75 Å². The van der Waals surface area contributed by atoms with Crippen LogP contribution >= 0.6 is 11.8 Å². The average Bonchev–Trinajstić information content (AvgIpc) is 2.59. The molecule has 7 heteroatoms. The monoisotopic (exact) mass is 290 g/mol. The maximum Gasteiger partial charge on any atom is 0.573 e. The van der Waals surface area contributed by atoms with Crippen molar-refractivity contribution in [1.29, 1.82) is 0 Å². The summed E-state index contributed by atoms with van der Waals surface area (Å²) in [6.07, 6.45) is -4.66. The van der Waals surface area contributed by atoms with Gasteiger partial charge in [-0.05, 0) is 38.1 Å². The van der Waals surface area contributed by atoms with Crippen molar-refractivity contribution in [2.75, 3.05) is 11.9 Å². The highest BCUT2D eigenvalue weighted by Crippen LogP contribution is 2.32. The number of nitrogens with zero attached hydrogens (tertiary/aromatic N) is 1. The lowest BCUT2D eigenvalue weighted by molar-refractivity contribution is -0.274. The number of rotatable bonds is 2. The summed E-state index contributed by atoms with van der Waals surface area (Å²) in [5, 5.41) is 3.84. The Kier molecular flexibility index (Phi) is 3.66. The van der Waals surface area contributed by atoms with Crippen LogP contribution in [0.1, 0.15) is 13.8 Å². The second-order valence-corrected chi connectivity index (χ2v) is 6.38. The van der Waals surface area contributed by atoms with Gasteiger partial charge in [0.15, 0.2) is 5.17 Å². The summed E-state index contributed by atoms with van der Waals surface area (Å²) in [6.45, 7) is 4.88. The molecule has 0 saturated carbocycles. The molecule has 0 saturated heterocycles. The Morgan fingerprint density at radius 1 is 1.26 bits per heavy atom. The molecule has 0 radical (unpaired) electrons. The summed E-state index contributed by atoms with van der Waals surface area (Å²) in [4.78, 5) is 4.32. The van der Waals surface area contributed by atoms with Gasteiger partial charge in [-0.25, -0.2) is 0 Å². The molecule has 19 heavy (non-hydrogen) atoms. The van der Waals surface area contributed by atoms with Gasteiger partial charge in [0.05, 0.1) is 6.54 Å². The van der Waals surface area contributed by atoms with Gasteiger partial charge in [-0.1, -0.05) is 11.8 Å². The van der Waals surface area contributed by atoms with Crippen molar-refractivity contribution in [2.45, 2.75) is 25.0 Å². The predicted octanol–water partition coefficient (Wildman–Crippen LogP) is 3.88. The molecule has 1 N–H and O–H groups in total. The Morgan fingerprint density at radius 3 is 2.37 bits per heavy atom. The lowest BCUT2D eigenvalue weighted by Crippen LogP contribution is -2.17. The highest BCUT2D eigenvalue weighted by molar-refractivity contribution is 8.15. The Bertz CT molecular complexity index is 483. The number of benzene rings is 1. The average molecular weight is 290 g/mol. The summed E-state index contributed by atoms with van der Waals surface area (Å²) in [5.74, 6) is -0.237. The van der Waals surface area contributed by atoms with E-state index in [2.05, 4.69) is 28.9 Å². The first-order chi connectivity index (χ1) is 8.73. The van der Waals surface area contributed by atoms with Crippen LogP contribution in [-0.2, 0) is 0 Å². The molecule has 0 amide bonds. The molecule has 104 valence electrons. The van der Waals surface area contributed by atoms with Crippen LogP contribution in [0.3, 0.4) is 0 Å². The normalized spacial score (nSPS) is 18.1. The predicted molar refractivity (Wildman–Crippen MR) is 70.7 cm³/mol. The zero-order chi connectivity index (χ0) is 14.1. The SMILES string of the molecule is CC1(C)CN=C(Nc2ccc(OC(F)(F)F)cc2)S1. The fourth-order valence-corrected chi connectivity index (χ4v) is 2.47. The number of halogens is 3. The number of hydrogen-bond acceptors (Lipinski definition) is 4. The molecule has 1 aliphatic heterocycles. The number of hydrogen-bond donors (Lipinski definition) is 1. The van der Waals surface area contributed by atoms with E-state index >= 15 is 0 Å². The van der Waals surface area contributed by atoms with Crippen molar-refractivity contribution < 1.29 is 17.9 Å². The second kappa shape index (κ2) is 4.96. The summed E-state index contributed by atoms with van der Waals surface area (Å²) in [6, 6.07) is 5.58. The lowest BCUT2D eigenvalue weighted by atomic mass is 10.2. The molecule has 0 bridgehead atoms. The third-order valence-corrected chi connectivity index (χ3v) is 3.42. The Hall–Kier alpha value is -1.37. The van der Waals surface area contributed by atoms with E-state index in [1.807, 2.05) is 0 Å². The van der Waals surface area contributed by atoms with E-state index in [0.717, 1.165) is 11.7 Å². The molecule has 1 aliphatic rings.